The van der Waals surface area contributed by atoms with Gasteiger partial charge in [-0.15, -0.1) is 0 Å². The van der Waals surface area contributed by atoms with Gasteiger partial charge in [0, 0.05) is 12.1 Å². The van der Waals surface area contributed by atoms with Crippen LogP contribution in [0.4, 0.5) is 0 Å². The lowest BCUT2D eigenvalue weighted by atomic mass is 10.1. The van der Waals surface area contributed by atoms with Crippen molar-refractivity contribution in [3.05, 3.63) is 70.5 Å². The van der Waals surface area contributed by atoms with E-state index in [0.29, 0.717) is 17.4 Å². The van der Waals surface area contributed by atoms with Crippen molar-refractivity contribution in [2.45, 2.75) is 19.9 Å². The molecule has 120 valence electrons. The molecule has 2 aromatic carbocycles. The lowest BCUT2D eigenvalue weighted by molar-refractivity contribution is 0.470. The standard InChI is InChI=1S/C19H16ClN3O/c1-13-11-14(7-8-17(13)24)12-23-16(9-10-21)18(20)22-19(23)15-5-3-2-4-6-15/h2-8,11,24H,9,12H2,1H3. The summed E-state index contributed by atoms with van der Waals surface area (Å²) >= 11 is 6.28. The molecule has 0 saturated carbocycles. The molecule has 0 bridgehead atoms. The van der Waals surface area contributed by atoms with Crippen molar-refractivity contribution >= 4 is 11.6 Å². The molecule has 0 unspecified atom stereocenters. The van der Waals surface area contributed by atoms with Gasteiger partial charge in [0.1, 0.15) is 11.6 Å². The maximum absolute atomic E-state index is 9.70. The van der Waals surface area contributed by atoms with Crippen LogP contribution in [0.2, 0.25) is 5.15 Å². The minimum atomic E-state index is 0.190. The minimum Gasteiger partial charge on any atom is -0.508 e. The number of phenols is 1. The summed E-state index contributed by atoms with van der Waals surface area (Å²) in [7, 11) is 0. The van der Waals surface area contributed by atoms with Crippen molar-refractivity contribution in [1.29, 1.82) is 5.26 Å². The normalized spacial score (nSPS) is 10.5. The van der Waals surface area contributed by atoms with Gasteiger partial charge in [0.25, 0.3) is 0 Å². The Hall–Kier alpha value is -2.77. The van der Waals surface area contributed by atoms with Crippen LogP contribution in [-0.4, -0.2) is 14.7 Å². The fourth-order valence-electron chi connectivity index (χ4n) is 2.68. The highest BCUT2D eigenvalue weighted by atomic mass is 35.5. The summed E-state index contributed by atoms with van der Waals surface area (Å²) in [5.74, 6) is 1.000. The molecule has 4 nitrogen and oxygen atoms in total. The second-order valence-electron chi connectivity index (χ2n) is 5.58. The number of aryl methyl sites for hydroxylation is 1. The quantitative estimate of drug-likeness (QED) is 0.770. The first kappa shape index (κ1) is 16.1. The number of nitriles is 1. The molecule has 5 heteroatoms. The van der Waals surface area contributed by atoms with Crippen molar-refractivity contribution in [2.24, 2.45) is 0 Å². The molecule has 1 N–H and O–H groups in total. The Morgan fingerprint density at radius 3 is 2.62 bits per heavy atom. The summed E-state index contributed by atoms with van der Waals surface area (Å²) in [6, 6.07) is 17.4. The number of aromatic hydroxyl groups is 1. The smallest absolute Gasteiger partial charge is 0.152 e. The zero-order chi connectivity index (χ0) is 17.1. The first-order chi connectivity index (χ1) is 11.6. The minimum absolute atomic E-state index is 0.190. The molecular formula is C19H16ClN3O. The molecule has 0 aliphatic carbocycles. The van der Waals surface area contributed by atoms with Gasteiger partial charge >= 0.3 is 0 Å². The van der Waals surface area contributed by atoms with Crippen LogP contribution >= 0.6 is 11.6 Å². The number of hydrogen-bond acceptors (Lipinski definition) is 3. The number of nitrogens with zero attached hydrogens (tertiary/aromatic N) is 3. The first-order valence-electron chi connectivity index (χ1n) is 7.56. The Morgan fingerprint density at radius 1 is 1.21 bits per heavy atom. The number of hydrogen-bond donors (Lipinski definition) is 1. The molecule has 3 aromatic rings. The third kappa shape index (κ3) is 3.12. The van der Waals surface area contributed by atoms with Gasteiger partial charge in [0.05, 0.1) is 18.2 Å². The van der Waals surface area contributed by atoms with Gasteiger partial charge in [-0.25, -0.2) is 4.98 Å². The zero-order valence-corrected chi connectivity index (χ0v) is 14.0. The Labute approximate surface area is 145 Å². The lowest BCUT2D eigenvalue weighted by Crippen LogP contribution is -2.06. The zero-order valence-electron chi connectivity index (χ0n) is 13.2. The fraction of sp³-hybridized carbons (Fsp3) is 0.158. The summed E-state index contributed by atoms with van der Waals surface area (Å²) in [5.41, 5.74) is 3.46. The summed E-state index contributed by atoms with van der Waals surface area (Å²) in [5, 5.41) is 19.2. The summed E-state index contributed by atoms with van der Waals surface area (Å²) in [6.45, 7) is 2.39. The summed E-state index contributed by atoms with van der Waals surface area (Å²) in [6.07, 6.45) is 0.190. The Bertz CT molecular complexity index is 910. The molecule has 1 aromatic heterocycles. The summed E-state index contributed by atoms with van der Waals surface area (Å²) in [4.78, 5) is 4.46. The highest BCUT2D eigenvalue weighted by molar-refractivity contribution is 6.30. The van der Waals surface area contributed by atoms with Crippen LogP contribution in [0.15, 0.2) is 48.5 Å². The van der Waals surface area contributed by atoms with E-state index < -0.39 is 0 Å². The van der Waals surface area contributed by atoms with Gasteiger partial charge in [-0.05, 0) is 24.1 Å². The van der Waals surface area contributed by atoms with E-state index in [-0.39, 0.29) is 12.2 Å². The van der Waals surface area contributed by atoms with Crippen molar-refractivity contribution in [1.82, 2.24) is 9.55 Å². The Balaban J connectivity index is 2.10. The predicted molar refractivity (Wildman–Crippen MR) is 93.9 cm³/mol. The molecule has 0 saturated heterocycles. The fourth-order valence-corrected chi connectivity index (χ4v) is 2.93. The number of phenolic OH excluding ortho intramolecular Hbond substituents is 1. The third-order valence-corrected chi connectivity index (χ3v) is 4.21. The van der Waals surface area contributed by atoms with E-state index in [1.165, 1.54) is 0 Å². The highest BCUT2D eigenvalue weighted by Gasteiger charge is 2.17. The molecule has 3 rings (SSSR count). The van der Waals surface area contributed by atoms with Crippen LogP contribution in [0.25, 0.3) is 11.4 Å². The number of benzene rings is 2. The van der Waals surface area contributed by atoms with Gasteiger partial charge in [-0.1, -0.05) is 54.1 Å². The second kappa shape index (κ2) is 6.77. The Morgan fingerprint density at radius 2 is 1.96 bits per heavy atom. The van der Waals surface area contributed by atoms with E-state index in [0.717, 1.165) is 22.5 Å². The maximum atomic E-state index is 9.70. The molecule has 0 fully saturated rings. The second-order valence-corrected chi connectivity index (χ2v) is 5.94. The van der Waals surface area contributed by atoms with Gasteiger partial charge < -0.3 is 9.67 Å². The van der Waals surface area contributed by atoms with Gasteiger partial charge in [0.15, 0.2) is 5.15 Å². The molecule has 0 aliphatic rings. The number of imidazole rings is 1. The maximum Gasteiger partial charge on any atom is 0.152 e. The van der Waals surface area contributed by atoms with Crippen molar-refractivity contribution in [3.8, 4) is 23.2 Å². The van der Waals surface area contributed by atoms with Gasteiger partial charge in [0.2, 0.25) is 0 Å². The van der Waals surface area contributed by atoms with Gasteiger partial charge in [-0.3, -0.25) is 0 Å². The first-order valence-corrected chi connectivity index (χ1v) is 7.93. The monoisotopic (exact) mass is 337 g/mol. The molecular weight excluding hydrogens is 322 g/mol. The van der Waals surface area contributed by atoms with E-state index in [9.17, 15) is 5.11 Å². The lowest BCUT2D eigenvalue weighted by Gasteiger charge is -2.12. The van der Waals surface area contributed by atoms with Crippen LogP contribution < -0.4 is 0 Å². The molecule has 0 radical (unpaired) electrons. The van der Waals surface area contributed by atoms with Crippen molar-refractivity contribution in [3.63, 3.8) is 0 Å². The topological polar surface area (TPSA) is 61.8 Å². The van der Waals surface area contributed by atoms with Crippen molar-refractivity contribution < 1.29 is 5.11 Å². The van der Waals surface area contributed by atoms with Crippen LogP contribution in [0, 0.1) is 18.3 Å². The number of rotatable bonds is 4. The largest absolute Gasteiger partial charge is 0.508 e. The molecule has 1 heterocycles. The van der Waals surface area contributed by atoms with Crippen LogP contribution in [-0.2, 0) is 13.0 Å². The molecule has 0 amide bonds. The molecule has 0 spiro atoms. The van der Waals surface area contributed by atoms with Gasteiger partial charge in [-0.2, -0.15) is 5.26 Å². The van der Waals surface area contributed by atoms with Crippen LogP contribution in [0.1, 0.15) is 16.8 Å². The Kier molecular flexibility index (Phi) is 4.54. The number of halogens is 1. The van der Waals surface area contributed by atoms with E-state index >= 15 is 0 Å². The highest BCUT2D eigenvalue weighted by Crippen LogP contribution is 2.28. The predicted octanol–water partition coefficient (Wildman–Crippen LogP) is 4.33. The molecule has 0 aliphatic heterocycles. The molecule has 0 atom stereocenters. The van der Waals surface area contributed by atoms with E-state index in [4.69, 9.17) is 16.9 Å². The third-order valence-electron chi connectivity index (χ3n) is 3.90. The van der Waals surface area contributed by atoms with Crippen LogP contribution in [0.3, 0.4) is 0 Å². The SMILES string of the molecule is Cc1cc(Cn2c(-c3ccccc3)nc(Cl)c2CC#N)ccc1O. The average molecular weight is 338 g/mol. The average Bonchev–Trinajstić information content (AvgIpc) is 2.89. The number of aromatic nitrogens is 2. The van der Waals surface area contributed by atoms with E-state index in [1.807, 2.05) is 54.0 Å². The van der Waals surface area contributed by atoms with E-state index in [2.05, 4.69) is 11.1 Å². The van der Waals surface area contributed by atoms with E-state index in [1.54, 1.807) is 6.07 Å². The van der Waals surface area contributed by atoms with Crippen LogP contribution in [0.5, 0.6) is 5.75 Å². The van der Waals surface area contributed by atoms with Crippen molar-refractivity contribution in [2.75, 3.05) is 0 Å². The molecule has 24 heavy (non-hydrogen) atoms. The summed E-state index contributed by atoms with van der Waals surface area (Å²) < 4.78 is 1.96.